The standard InChI is InChI=1S/C22H19F3N2O3S2/c1-14-26-18(13-31-14)12-27(19-6-4-17(23)5-7-19)32(28,29)21-9-3-15-10-20(30-22(24)25)8-2-16(15)11-21/h2,4-8,10-11,13,22H,3,9,12H2,1H3. The van der Waals surface area contributed by atoms with Crippen molar-refractivity contribution in [1.29, 1.82) is 0 Å². The highest BCUT2D eigenvalue weighted by Gasteiger charge is 2.30. The zero-order chi connectivity index (χ0) is 22.9. The summed E-state index contributed by atoms with van der Waals surface area (Å²) in [6, 6.07) is 9.69. The van der Waals surface area contributed by atoms with Crippen LogP contribution in [0.25, 0.3) is 6.08 Å². The van der Waals surface area contributed by atoms with E-state index >= 15 is 0 Å². The summed E-state index contributed by atoms with van der Waals surface area (Å²) in [6.07, 6.45) is 2.10. The number of alkyl halides is 2. The molecule has 2 aromatic carbocycles. The molecular weight excluding hydrogens is 461 g/mol. The lowest BCUT2D eigenvalue weighted by Crippen LogP contribution is -2.32. The number of thiazole rings is 1. The van der Waals surface area contributed by atoms with Crippen LogP contribution in [0.15, 0.2) is 52.7 Å². The lowest BCUT2D eigenvalue weighted by atomic mass is 9.97. The molecule has 10 heteroatoms. The molecule has 0 saturated carbocycles. The number of fused-ring (bicyclic) bond motifs is 1. The molecule has 0 spiro atoms. The second kappa shape index (κ2) is 8.95. The molecular formula is C22H19F3N2O3S2. The van der Waals surface area contributed by atoms with Crippen LogP contribution < -0.4 is 9.04 Å². The number of sulfonamides is 1. The molecule has 0 radical (unpaired) electrons. The quantitative estimate of drug-likeness (QED) is 0.447. The van der Waals surface area contributed by atoms with Gasteiger partial charge >= 0.3 is 6.61 Å². The predicted molar refractivity (Wildman–Crippen MR) is 118 cm³/mol. The van der Waals surface area contributed by atoms with Gasteiger partial charge in [-0.15, -0.1) is 11.3 Å². The molecule has 1 aliphatic carbocycles. The molecule has 0 amide bonds. The van der Waals surface area contributed by atoms with E-state index in [0.717, 1.165) is 10.6 Å². The summed E-state index contributed by atoms with van der Waals surface area (Å²) in [5.74, 6) is -0.437. The lowest BCUT2D eigenvalue weighted by molar-refractivity contribution is -0.0498. The first kappa shape index (κ1) is 22.3. The molecule has 1 aliphatic rings. The molecule has 32 heavy (non-hydrogen) atoms. The minimum atomic E-state index is -3.97. The Hall–Kier alpha value is -2.85. The average Bonchev–Trinajstić information content (AvgIpc) is 3.16. The molecule has 0 aliphatic heterocycles. The molecule has 3 aromatic rings. The van der Waals surface area contributed by atoms with Crippen molar-refractivity contribution < 1.29 is 26.3 Å². The summed E-state index contributed by atoms with van der Waals surface area (Å²) < 4.78 is 71.3. The number of halogens is 3. The van der Waals surface area contributed by atoms with Crippen LogP contribution in [-0.2, 0) is 23.0 Å². The number of anilines is 1. The zero-order valence-corrected chi connectivity index (χ0v) is 18.6. The van der Waals surface area contributed by atoms with Crippen LogP contribution in [-0.4, -0.2) is 20.0 Å². The van der Waals surface area contributed by atoms with Gasteiger partial charge in [0, 0.05) is 5.38 Å². The number of rotatable bonds is 7. The topological polar surface area (TPSA) is 59.5 Å². The fraction of sp³-hybridized carbons (Fsp3) is 0.227. The Bertz CT molecular complexity index is 1260. The van der Waals surface area contributed by atoms with E-state index in [1.165, 1.54) is 52.0 Å². The van der Waals surface area contributed by atoms with Gasteiger partial charge in [0.25, 0.3) is 10.0 Å². The second-order valence-electron chi connectivity index (χ2n) is 7.20. The fourth-order valence-corrected chi connectivity index (χ4v) is 5.74. The van der Waals surface area contributed by atoms with Crippen molar-refractivity contribution in [3.8, 4) is 5.75 Å². The maximum atomic E-state index is 13.6. The first-order valence-corrected chi connectivity index (χ1v) is 12.0. The number of nitrogens with zero attached hydrogens (tertiary/aromatic N) is 2. The van der Waals surface area contributed by atoms with Gasteiger partial charge in [0.1, 0.15) is 11.6 Å². The van der Waals surface area contributed by atoms with E-state index in [0.29, 0.717) is 23.4 Å². The van der Waals surface area contributed by atoms with Crippen molar-refractivity contribution in [2.45, 2.75) is 32.9 Å². The largest absolute Gasteiger partial charge is 0.435 e. The van der Waals surface area contributed by atoms with Crippen LogP contribution >= 0.6 is 11.3 Å². The van der Waals surface area contributed by atoms with Crippen molar-refractivity contribution in [2.75, 3.05) is 4.31 Å². The van der Waals surface area contributed by atoms with E-state index in [1.807, 2.05) is 6.92 Å². The molecule has 5 nitrogen and oxygen atoms in total. The van der Waals surface area contributed by atoms with Crippen LogP contribution in [0.2, 0.25) is 0 Å². The summed E-state index contributed by atoms with van der Waals surface area (Å²) in [5, 5.41) is 2.60. The van der Waals surface area contributed by atoms with Crippen LogP contribution in [0, 0.1) is 12.7 Å². The molecule has 0 saturated heterocycles. The Labute approximate surface area is 187 Å². The normalized spacial score (nSPS) is 13.6. The minimum Gasteiger partial charge on any atom is -0.435 e. The van der Waals surface area contributed by atoms with E-state index < -0.39 is 22.5 Å². The third-order valence-corrected chi connectivity index (χ3v) is 7.73. The van der Waals surface area contributed by atoms with E-state index in [-0.39, 0.29) is 23.6 Å². The molecule has 4 rings (SSSR count). The summed E-state index contributed by atoms with van der Waals surface area (Å²) >= 11 is 1.41. The third-order valence-electron chi connectivity index (χ3n) is 5.01. The minimum absolute atomic E-state index is 0.00364. The van der Waals surface area contributed by atoms with Crippen LogP contribution in [0.5, 0.6) is 5.75 Å². The number of hydrogen-bond acceptors (Lipinski definition) is 5. The van der Waals surface area contributed by atoms with Gasteiger partial charge < -0.3 is 4.74 Å². The van der Waals surface area contributed by atoms with Gasteiger partial charge in [0.15, 0.2) is 0 Å². The Kier molecular flexibility index (Phi) is 6.25. The molecule has 0 fully saturated rings. The summed E-state index contributed by atoms with van der Waals surface area (Å²) in [6.45, 7) is -1.09. The van der Waals surface area contributed by atoms with Crippen molar-refractivity contribution in [2.24, 2.45) is 0 Å². The molecule has 1 aromatic heterocycles. The predicted octanol–water partition coefficient (Wildman–Crippen LogP) is 5.52. The number of benzene rings is 2. The van der Waals surface area contributed by atoms with Gasteiger partial charge in [0.2, 0.25) is 0 Å². The molecule has 1 heterocycles. The summed E-state index contributed by atoms with van der Waals surface area (Å²) in [5.41, 5.74) is 2.26. The highest BCUT2D eigenvalue weighted by molar-refractivity contribution is 7.96. The number of allylic oxidation sites excluding steroid dienone is 1. The average molecular weight is 481 g/mol. The first-order chi connectivity index (χ1) is 15.2. The van der Waals surface area contributed by atoms with E-state index in [9.17, 15) is 21.6 Å². The highest BCUT2D eigenvalue weighted by atomic mass is 32.2. The maximum Gasteiger partial charge on any atom is 0.387 e. The summed E-state index contributed by atoms with van der Waals surface area (Å²) in [4.78, 5) is 4.55. The van der Waals surface area contributed by atoms with Crippen LogP contribution in [0.3, 0.4) is 0 Å². The monoisotopic (exact) mass is 480 g/mol. The van der Waals surface area contributed by atoms with E-state index in [2.05, 4.69) is 9.72 Å². The number of ether oxygens (including phenoxy) is 1. The van der Waals surface area contributed by atoms with Gasteiger partial charge in [-0.25, -0.2) is 17.8 Å². The SMILES string of the molecule is Cc1nc(CN(c2ccc(F)cc2)S(=O)(=O)C2=Cc3ccc(OC(F)F)cc3CC2)cs1. The molecule has 0 atom stereocenters. The van der Waals surface area contributed by atoms with E-state index in [4.69, 9.17) is 0 Å². The first-order valence-electron chi connectivity index (χ1n) is 9.70. The molecule has 0 N–H and O–H groups in total. The molecule has 168 valence electrons. The number of hydrogen-bond donors (Lipinski definition) is 0. The fourth-order valence-electron chi connectivity index (χ4n) is 3.51. The smallest absolute Gasteiger partial charge is 0.387 e. The number of aromatic nitrogens is 1. The molecule has 0 unspecified atom stereocenters. The Morgan fingerprint density at radius 2 is 1.91 bits per heavy atom. The lowest BCUT2D eigenvalue weighted by Gasteiger charge is -2.27. The highest BCUT2D eigenvalue weighted by Crippen LogP contribution is 2.34. The van der Waals surface area contributed by atoms with Gasteiger partial charge in [-0.05, 0) is 73.4 Å². The Morgan fingerprint density at radius 3 is 2.56 bits per heavy atom. The van der Waals surface area contributed by atoms with Gasteiger partial charge in [0.05, 0.1) is 27.8 Å². The van der Waals surface area contributed by atoms with Crippen molar-refractivity contribution in [3.63, 3.8) is 0 Å². The van der Waals surface area contributed by atoms with Crippen LogP contribution in [0.1, 0.15) is 28.2 Å². The third kappa shape index (κ3) is 4.81. The van der Waals surface area contributed by atoms with Gasteiger partial charge in [-0.3, -0.25) is 4.31 Å². The Morgan fingerprint density at radius 1 is 1.16 bits per heavy atom. The second-order valence-corrected chi connectivity index (χ2v) is 10.2. The van der Waals surface area contributed by atoms with Crippen LogP contribution in [0.4, 0.5) is 18.9 Å². The maximum absolute atomic E-state index is 13.6. The molecule has 0 bridgehead atoms. The summed E-state index contributed by atoms with van der Waals surface area (Å²) in [7, 11) is -3.97. The van der Waals surface area contributed by atoms with Gasteiger partial charge in [-0.1, -0.05) is 6.07 Å². The zero-order valence-electron chi connectivity index (χ0n) is 17.0. The van der Waals surface area contributed by atoms with E-state index in [1.54, 1.807) is 17.5 Å². The Balaban J connectivity index is 1.70. The van der Waals surface area contributed by atoms with Crippen molar-refractivity contribution in [1.82, 2.24) is 4.98 Å². The number of aryl methyl sites for hydroxylation is 2. The van der Waals surface area contributed by atoms with Crippen molar-refractivity contribution in [3.05, 3.63) is 80.4 Å². The van der Waals surface area contributed by atoms with Crippen molar-refractivity contribution >= 4 is 33.1 Å². The van der Waals surface area contributed by atoms with Gasteiger partial charge in [-0.2, -0.15) is 8.78 Å².